The van der Waals surface area contributed by atoms with Crippen molar-refractivity contribution in [1.82, 2.24) is 5.01 Å². The molecule has 2 N–H and O–H groups in total. The third-order valence-corrected chi connectivity index (χ3v) is 1.90. The van der Waals surface area contributed by atoms with E-state index in [9.17, 15) is 0 Å². The molecule has 72 valence electrons. The molecule has 4 nitrogen and oxygen atoms in total. The molecule has 0 unspecified atom stereocenters. The molecule has 1 aromatic carbocycles. The molecule has 0 amide bonds. The van der Waals surface area contributed by atoms with Gasteiger partial charge in [-0.25, -0.2) is 0 Å². The van der Waals surface area contributed by atoms with E-state index in [0.717, 1.165) is 5.01 Å². The molecule has 0 atom stereocenters. The van der Waals surface area contributed by atoms with Crippen LogP contribution in [0.3, 0.4) is 0 Å². The molecule has 6 heteroatoms. The van der Waals surface area contributed by atoms with Crippen LogP contribution in [0.4, 0.5) is 0 Å². The van der Waals surface area contributed by atoms with E-state index in [0.29, 0.717) is 5.56 Å². The number of hydrogen-bond donors (Lipinski definition) is 3. The summed E-state index contributed by atoms with van der Waals surface area (Å²) in [4.78, 5) is 0. The van der Waals surface area contributed by atoms with E-state index >= 15 is 0 Å². The second-order valence-corrected chi connectivity index (χ2v) is 3.52. The number of benzene rings is 1. The van der Waals surface area contributed by atoms with Crippen LogP contribution < -0.4 is 0 Å². The summed E-state index contributed by atoms with van der Waals surface area (Å²) in [5.74, 6) is 0.0422. The van der Waals surface area contributed by atoms with Gasteiger partial charge in [-0.1, -0.05) is 47.8 Å². The normalized spacial score (nSPS) is 9.21. The summed E-state index contributed by atoms with van der Waals surface area (Å²) in [5.41, 5.74) is 7.48. The first-order valence-electron chi connectivity index (χ1n) is 3.71. The van der Waals surface area contributed by atoms with Gasteiger partial charge in [0.15, 0.2) is 10.2 Å². The highest BCUT2D eigenvalue weighted by Gasteiger charge is 2.12. The second kappa shape index (κ2) is 4.83. The Morgan fingerprint density at radius 2 is 1.93 bits per heavy atom. The van der Waals surface area contributed by atoms with Crippen molar-refractivity contribution in [2.75, 3.05) is 0 Å². The van der Waals surface area contributed by atoms with Crippen LogP contribution in [-0.2, 0) is 0 Å². The summed E-state index contributed by atoms with van der Waals surface area (Å²) in [6.07, 6.45) is 0. The van der Waals surface area contributed by atoms with Crippen molar-refractivity contribution in [3.05, 3.63) is 35.9 Å². The Labute approximate surface area is 92.3 Å². The predicted molar refractivity (Wildman–Crippen MR) is 61.8 cm³/mol. The summed E-state index contributed by atoms with van der Waals surface area (Å²) >= 11 is 8.59. The number of nitrogens with one attached hydrogen (secondary N) is 2. The Kier molecular flexibility index (Phi) is 3.73. The molecule has 1 aromatic rings. The highest BCUT2D eigenvalue weighted by atomic mass is 32.1. The summed E-state index contributed by atoms with van der Waals surface area (Å²) in [6.45, 7) is 0. The topological polar surface area (TPSA) is 63.3 Å². The van der Waals surface area contributed by atoms with Gasteiger partial charge in [0, 0.05) is 5.56 Å². The van der Waals surface area contributed by atoms with Gasteiger partial charge in [0.25, 0.3) is 0 Å². The van der Waals surface area contributed by atoms with Gasteiger partial charge in [0.1, 0.15) is 0 Å². The molecule has 0 fully saturated rings. The van der Waals surface area contributed by atoms with Crippen molar-refractivity contribution in [2.24, 2.45) is 5.22 Å². The van der Waals surface area contributed by atoms with Gasteiger partial charge in [-0.2, -0.15) is 10.5 Å². The number of hydrogen-bond acceptors (Lipinski definition) is 4. The number of thiocarbonyl (C=S) groups is 1. The Hall–Kier alpha value is -1.27. The van der Waals surface area contributed by atoms with E-state index < -0.39 is 0 Å². The SMILES string of the molecule is N=NN(C(=N)c1ccccc1)C(=S)S. The Bertz CT molecular complexity index is 363. The van der Waals surface area contributed by atoms with Crippen LogP contribution in [0.25, 0.3) is 0 Å². The summed E-state index contributed by atoms with van der Waals surface area (Å²) in [7, 11) is 0. The molecule has 14 heavy (non-hydrogen) atoms. The molecule has 0 bridgehead atoms. The van der Waals surface area contributed by atoms with Crippen LogP contribution in [-0.4, -0.2) is 15.2 Å². The molecule has 1 rings (SSSR count). The maximum atomic E-state index is 7.69. The molecular formula is C8H8N4S2. The van der Waals surface area contributed by atoms with Crippen molar-refractivity contribution < 1.29 is 0 Å². The van der Waals surface area contributed by atoms with E-state index in [1.54, 1.807) is 24.3 Å². The molecule has 0 saturated heterocycles. The lowest BCUT2D eigenvalue weighted by Crippen LogP contribution is -2.27. The first kappa shape index (κ1) is 10.8. The molecule has 0 aromatic heterocycles. The van der Waals surface area contributed by atoms with Gasteiger partial charge in [-0.05, 0) is 0 Å². The maximum Gasteiger partial charge on any atom is 0.162 e. The van der Waals surface area contributed by atoms with Crippen molar-refractivity contribution in [3.63, 3.8) is 0 Å². The molecule has 0 heterocycles. The fourth-order valence-electron chi connectivity index (χ4n) is 0.907. The van der Waals surface area contributed by atoms with Crippen molar-refractivity contribution in [1.29, 1.82) is 10.9 Å². The van der Waals surface area contributed by atoms with Gasteiger partial charge < -0.3 is 0 Å². The minimum absolute atomic E-state index is 0.0422. The fraction of sp³-hybridized carbons (Fsp3) is 0. The predicted octanol–water partition coefficient (Wildman–Crippen LogP) is 2.47. The van der Waals surface area contributed by atoms with Gasteiger partial charge >= 0.3 is 0 Å². The molecule has 0 radical (unpaired) electrons. The first-order valence-corrected chi connectivity index (χ1v) is 4.56. The lowest BCUT2D eigenvalue weighted by Gasteiger charge is -2.14. The van der Waals surface area contributed by atoms with E-state index in [1.165, 1.54) is 0 Å². The van der Waals surface area contributed by atoms with Crippen LogP contribution in [0.5, 0.6) is 0 Å². The molecule has 0 spiro atoms. The van der Waals surface area contributed by atoms with Gasteiger partial charge in [-0.3, -0.25) is 5.41 Å². The number of nitrogens with zero attached hydrogens (tertiary/aromatic N) is 2. The zero-order valence-electron chi connectivity index (χ0n) is 7.14. The van der Waals surface area contributed by atoms with E-state index in [1.807, 2.05) is 6.07 Å². The van der Waals surface area contributed by atoms with Crippen LogP contribution in [0.1, 0.15) is 5.56 Å². The molecular weight excluding hydrogens is 216 g/mol. The number of rotatable bonds is 2. The van der Waals surface area contributed by atoms with Crippen molar-refractivity contribution >= 4 is 35.0 Å². The van der Waals surface area contributed by atoms with Crippen molar-refractivity contribution in [3.8, 4) is 0 Å². The Morgan fingerprint density at radius 3 is 2.36 bits per heavy atom. The summed E-state index contributed by atoms with van der Waals surface area (Å²) in [5, 5.41) is 11.8. The minimum Gasteiger partial charge on any atom is -0.282 e. The molecule has 0 aliphatic carbocycles. The van der Waals surface area contributed by atoms with E-state index in [-0.39, 0.29) is 10.2 Å². The van der Waals surface area contributed by atoms with Gasteiger partial charge in [0.2, 0.25) is 0 Å². The highest BCUT2D eigenvalue weighted by molar-refractivity contribution is 8.11. The average molecular weight is 224 g/mol. The third kappa shape index (κ3) is 2.36. The summed E-state index contributed by atoms with van der Waals surface area (Å²) in [6, 6.07) is 8.93. The van der Waals surface area contributed by atoms with Gasteiger partial charge in [0.05, 0.1) is 0 Å². The maximum absolute atomic E-state index is 7.69. The van der Waals surface area contributed by atoms with Crippen LogP contribution in [0.15, 0.2) is 35.6 Å². The Morgan fingerprint density at radius 1 is 1.36 bits per heavy atom. The zero-order valence-corrected chi connectivity index (χ0v) is 8.85. The quantitative estimate of drug-likeness (QED) is 0.180. The van der Waals surface area contributed by atoms with E-state index in [4.69, 9.17) is 23.2 Å². The third-order valence-electron chi connectivity index (χ3n) is 1.54. The smallest absolute Gasteiger partial charge is 0.162 e. The molecule has 0 aliphatic heterocycles. The Balaban J connectivity index is 2.95. The van der Waals surface area contributed by atoms with Gasteiger partial charge in [-0.15, -0.1) is 12.6 Å². The second-order valence-electron chi connectivity index (χ2n) is 2.41. The largest absolute Gasteiger partial charge is 0.282 e. The average Bonchev–Trinajstić information content (AvgIpc) is 2.19. The van der Waals surface area contributed by atoms with E-state index in [2.05, 4.69) is 17.9 Å². The van der Waals surface area contributed by atoms with Crippen LogP contribution in [0.2, 0.25) is 0 Å². The fourth-order valence-corrected chi connectivity index (χ4v) is 1.18. The lowest BCUT2D eigenvalue weighted by molar-refractivity contribution is 0.602. The van der Waals surface area contributed by atoms with Crippen LogP contribution >= 0.6 is 24.8 Å². The summed E-state index contributed by atoms with van der Waals surface area (Å²) < 4.78 is 0.0776. The highest BCUT2D eigenvalue weighted by Crippen LogP contribution is 2.07. The first-order chi connectivity index (χ1) is 6.66. The van der Waals surface area contributed by atoms with Crippen molar-refractivity contribution in [2.45, 2.75) is 0 Å². The van der Waals surface area contributed by atoms with Crippen LogP contribution in [0, 0.1) is 10.9 Å². The molecule has 0 saturated carbocycles. The number of thiol groups is 1. The monoisotopic (exact) mass is 224 g/mol. The molecule has 0 aliphatic rings. The minimum atomic E-state index is 0.0422. The standard InChI is InChI=1S/C8H8N4S2/c9-7(12(11-10)8(13)14)6-4-2-1-3-5-6/h1-5,9-10H,(H,13,14). The zero-order chi connectivity index (χ0) is 10.6. The lowest BCUT2D eigenvalue weighted by atomic mass is 10.2. The number of amidine groups is 1.